The van der Waals surface area contributed by atoms with Crippen molar-refractivity contribution in [3.05, 3.63) is 58.7 Å². The van der Waals surface area contributed by atoms with Crippen LogP contribution in [0.15, 0.2) is 58.0 Å². The van der Waals surface area contributed by atoms with Gasteiger partial charge in [0.1, 0.15) is 10.6 Å². The molecule has 0 radical (unpaired) electrons. The third-order valence-corrected chi connectivity index (χ3v) is 8.36. The molecule has 2 heterocycles. The Morgan fingerprint density at radius 1 is 1.20 bits per heavy atom. The van der Waals surface area contributed by atoms with E-state index < -0.39 is 10.0 Å². The largest absolute Gasteiger partial charge is 0.491 e. The second-order valence-electron chi connectivity index (χ2n) is 8.04. The Hall–Kier alpha value is -1.83. The standard InChI is InChI=1S/C23H27BrN2O3S/c1-4-25-12-11-17(14-25)20-15-26(30(27,28)23-8-6-5-7-21(23)24)22-10-9-18(13-19(20)22)29-16(2)3/h5-10,13,15-17H,4,11-12,14H2,1-3H3/t17-/m1/s1. The zero-order chi connectivity index (χ0) is 21.5. The molecule has 1 aromatic heterocycles. The fraction of sp³-hybridized carbons (Fsp3) is 0.391. The first kappa shape index (κ1) is 21.4. The number of hydrogen-bond donors (Lipinski definition) is 0. The Bertz CT molecular complexity index is 1170. The number of rotatable bonds is 6. The van der Waals surface area contributed by atoms with Crippen molar-refractivity contribution in [3.8, 4) is 5.75 Å². The van der Waals surface area contributed by atoms with Gasteiger partial charge in [-0.1, -0.05) is 19.1 Å². The van der Waals surface area contributed by atoms with Gasteiger partial charge in [0, 0.05) is 22.6 Å². The lowest BCUT2D eigenvalue weighted by Crippen LogP contribution is -2.19. The molecule has 1 fully saturated rings. The first-order chi connectivity index (χ1) is 14.3. The lowest BCUT2D eigenvalue weighted by atomic mass is 9.98. The number of benzene rings is 2. The summed E-state index contributed by atoms with van der Waals surface area (Å²) >= 11 is 3.40. The fourth-order valence-corrected chi connectivity index (χ4v) is 6.55. The van der Waals surface area contributed by atoms with E-state index in [1.54, 1.807) is 18.2 Å². The van der Waals surface area contributed by atoms with Crippen LogP contribution in [0.3, 0.4) is 0 Å². The first-order valence-corrected chi connectivity index (χ1v) is 12.6. The van der Waals surface area contributed by atoms with Gasteiger partial charge in [-0.2, -0.15) is 0 Å². The van der Waals surface area contributed by atoms with Gasteiger partial charge in [-0.05, 0) is 91.1 Å². The summed E-state index contributed by atoms with van der Waals surface area (Å²) in [5.74, 6) is 1.07. The van der Waals surface area contributed by atoms with Crippen LogP contribution in [-0.2, 0) is 10.0 Å². The molecule has 0 spiro atoms. The topological polar surface area (TPSA) is 51.5 Å². The zero-order valence-corrected chi connectivity index (χ0v) is 19.9. The lowest BCUT2D eigenvalue weighted by Gasteiger charge is -2.13. The summed E-state index contributed by atoms with van der Waals surface area (Å²) in [5, 5.41) is 0.951. The smallest absolute Gasteiger partial charge is 0.269 e. The highest BCUT2D eigenvalue weighted by molar-refractivity contribution is 9.10. The second-order valence-corrected chi connectivity index (χ2v) is 10.7. The summed E-state index contributed by atoms with van der Waals surface area (Å²) in [4.78, 5) is 2.67. The van der Waals surface area contributed by atoms with Crippen LogP contribution in [0.4, 0.5) is 0 Å². The third kappa shape index (κ3) is 3.90. The monoisotopic (exact) mass is 490 g/mol. The molecule has 1 aliphatic heterocycles. The molecule has 1 aliphatic rings. The van der Waals surface area contributed by atoms with Crippen molar-refractivity contribution in [2.24, 2.45) is 0 Å². The second kappa shape index (κ2) is 8.36. The van der Waals surface area contributed by atoms with Crippen LogP contribution < -0.4 is 4.74 Å². The Balaban J connectivity index is 1.89. The van der Waals surface area contributed by atoms with E-state index in [2.05, 4.69) is 27.8 Å². The number of hydrogen-bond acceptors (Lipinski definition) is 4. The number of fused-ring (bicyclic) bond motifs is 1. The van der Waals surface area contributed by atoms with Gasteiger partial charge in [0.25, 0.3) is 10.0 Å². The normalized spacial score (nSPS) is 17.8. The Labute approximate surface area is 186 Å². The molecule has 160 valence electrons. The molecule has 0 saturated carbocycles. The van der Waals surface area contributed by atoms with Crippen molar-refractivity contribution in [3.63, 3.8) is 0 Å². The quantitative estimate of drug-likeness (QED) is 0.474. The highest BCUT2D eigenvalue weighted by atomic mass is 79.9. The van der Waals surface area contributed by atoms with E-state index >= 15 is 0 Å². The van der Waals surface area contributed by atoms with Crippen LogP contribution in [0, 0.1) is 0 Å². The number of likely N-dealkylation sites (N-methyl/N-ethyl adjacent to an activating group) is 1. The molecule has 3 aromatic rings. The highest BCUT2D eigenvalue weighted by Gasteiger charge is 2.29. The van der Waals surface area contributed by atoms with Crippen molar-refractivity contribution in [2.45, 2.75) is 44.1 Å². The van der Waals surface area contributed by atoms with Crippen LogP contribution in [0.5, 0.6) is 5.75 Å². The van der Waals surface area contributed by atoms with Gasteiger partial charge in [-0.15, -0.1) is 0 Å². The maximum atomic E-state index is 13.6. The minimum Gasteiger partial charge on any atom is -0.491 e. The molecule has 0 bridgehead atoms. The summed E-state index contributed by atoms with van der Waals surface area (Å²) in [6.07, 6.45) is 2.90. The van der Waals surface area contributed by atoms with Crippen LogP contribution in [0.2, 0.25) is 0 Å². The Morgan fingerprint density at radius 3 is 2.63 bits per heavy atom. The number of likely N-dealkylation sites (tertiary alicyclic amines) is 1. The Kier molecular flexibility index (Phi) is 5.97. The van der Waals surface area contributed by atoms with Crippen LogP contribution in [0.1, 0.15) is 38.7 Å². The molecule has 0 aliphatic carbocycles. The average Bonchev–Trinajstić information content (AvgIpc) is 3.32. The van der Waals surface area contributed by atoms with E-state index in [0.717, 1.165) is 42.8 Å². The summed E-state index contributed by atoms with van der Waals surface area (Å²) in [7, 11) is -3.74. The molecule has 2 aromatic carbocycles. The van der Waals surface area contributed by atoms with E-state index in [1.807, 2.05) is 44.3 Å². The van der Waals surface area contributed by atoms with Gasteiger partial charge in [-0.3, -0.25) is 0 Å². The SMILES string of the molecule is CCN1CC[C@@H](c2cn(S(=O)(=O)c3ccccc3Br)c3ccc(OC(C)C)cc23)C1. The number of halogens is 1. The number of nitrogens with zero attached hydrogens (tertiary/aromatic N) is 2. The summed E-state index contributed by atoms with van der Waals surface area (Å²) in [5.41, 5.74) is 1.76. The lowest BCUT2D eigenvalue weighted by molar-refractivity contribution is 0.243. The van der Waals surface area contributed by atoms with Crippen LogP contribution in [0.25, 0.3) is 10.9 Å². The van der Waals surface area contributed by atoms with Gasteiger partial charge in [0.2, 0.25) is 0 Å². The molecule has 1 atom stereocenters. The fourth-order valence-electron chi connectivity index (χ4n) is 4.21. The maximum absolute atomic E-state index is 13.6. The molecule has 30 heavy (non-hydrogen) atoms. The number of ether oxygens (including phenoxy) is 1. The molecular formula is C23H27BrN2O3S. The van der Waals surface area contributed by atoms with Gasteiger partial charge in [0.15, 0.2) is 0 Å². The van der Waals surface area contributed by atoms with Crippen molar-refractivity contribution in [2.75, 3.05) is 19.6 Å². The zero-order valence-electron chi connectivity index (χ0n) is 17.5. The molecule has 4 rings (SSSR count). The summed E-state index contributed by atoms with van der Waals surface area (Å²) in [6.45, 7) is 9.13. The Morgan fingerprint density at radius 2 is 1.97 bits per heavy atom. The molecular weight excluding hydrogens is 464 g/mol. The highest BCUT2D eigenvalue weighted by Crippen LogP contribution is 2.37. The summed E-state index contributed by atoms with van der Waals surface area (Å²) in [6, 6.07) is 12.7. The van der Waals surface area contributed by atoms with E-state index in [0.29, 0.717) is 15.9 Å². The molecule has 1 saturated heterocycles. The first-order valence-electron chi connectivity index (χ1n) is 10.4. The van der Waals surface area contributed by atoms with E-state index in [1.165, 1.54) is 3.97 Å². The van der Waals surface area contributed by atoms with Crippen LogP contribution >= 0.6 is 15.9 Å². The summed E-state index contributed by atoms with van der Waals surface area (Å²) < 4.78 is 35.0. The van der Waals surface area contributed by atoms with E-state index in [-0.39, 0.29) is 11.0 Å². The minimum absolute atomic E-state index is 0.0547. The van der Waals surface area contributed by atoms with Gasteiger partial charge in [-0.25, -0.2) is 12.4 Å². The molecule has 5 nitrogen and oxygen atoms in total. The van der Waals surface area contributed by atoms with Gasteiger partial charge >= 0.3 is 0 Å². The van der Waals surface area contributed by atoms with Crippen molar-refractivity contribution in [1.82, 2.24) is 8.87 Å². The predicted molar refractivity (Wildman–Crippen MR) is 124 cm³/mol. The predicted octanol–water partition coefficient (Wildman–Crippen LogP) is 5.24. The number of aromatic nitrogens is 1. The van der Waals surface area contributed by atoms with Gasteiger partial charge < -0.3 is 9.64 Å². The molecule has 0 unspecified atom stereocenters. The minimum atomic E-state index is -3.74. The van der Waals surface area contributed by atoms with E-state index in [9.17, 15) is 8.42 Å². The van der Waals surface area contributed by atoms with Crippen molar-refractivity contribution in [1.29, 1.82) is 0 Å². The van der Waals surface area contributed by atoms with Crippen molar-refractivity contribution >= 4 is 36.9 Å². The average molecular weight is 491 g/mol. The van der Waals surface area contributed by atoms with Gasteiger partial charge in [0.05, 0.1) is 11.6 Å². The molecule has 7 heteroatoms. The molecule has 0 amide bonds. The van der Waals surface area contributed by atoms with Crippen LogP contribution in [-0.4, -0.2) is 43.0 Å². The van der Waals surface area contributed by atoms with Crippen molar-refractivity contribution < 1.29 is 13.2 Å². The third-order valence-electron chi connectivity index (χ3n) is 5.68. The maximum Gasteiger partial charge on any atom is 0.269 e. The molecule has 0 N–H and O–H groups in total. The van der Waals surface area contributed by atoms with E-state index in [4.69, 9.17) is 4.74 Å².